The van der Waals surface area contributed by atoms with E-state index in [-0.39, 0.29) is 23.0 Å². The van der Waals surface area contributed by atoms with Gasteiger partial charge in [0, 0.05) is 6.07 Å². The van der Waals surface area contributed by atoms with Gasteiger partial charge in [-0.25, -0.2) is 0 Å². The van der Waals surface area contributed by atoms with Crippen molar-refractivity contribution < 1.29 is 46.7 Å². The van der Waals surface area contributed by atoms with E-state index in [1.807, 2.05) is 0 Å². The number of rotatable bonds is 8. The van der Waals surface area contributed by atoms with Gasteiger partial charge < -0.3 is 14.2 Å². The monoisotopic (exact) mass is 526 g/mol. The van der Waals surface area contributed by atoms with E-state index in [1.165, 1.54) is 31.4 Å². The van der Waals surface area contributed by atoms with Gasteiger partial charge in [-0.1, -0.05) is 6.07 Å². The average Bonchev–Trinajstić information content (AvgIpc) is 3.06. The van der Waals surface area contributed by atoms with E-state index in [0.29, 0.717) is 29.5 Å². The highest BCUT2D eigenvalue weighted by molar-refractivity contribution is 8.18. The molecule has 14 heteroatoms. The first-order chi connectivity index (χ1) is 16.9. The molecule has 2 amide bonds. The van der Waals surface area contributed by atoms with Crippen LogP contribution in [0.15, 0.2) is 41.3 Å². The lowest BCUT2D eigenvalue weighted by atomic mass is 10.1. The zero-order valence-electron chi connectivity index (χ0n) is 18.7. The molecule has 2 aromatic carbocycles. The van der Waals surface area contributed by atoms with Crippen LogP contribution in [0.3, 0.4) is 0 Å². The molecule has 36 heavy (non-hydrogen) atoms. The van der Waals surface area contributed by atoms with Crippen LogP contribution in [0.5, 0.6) is 17.2 Å². The molecular weight excluding hydrogens is 509 g/mol. The predicted octanol–water partition coefficient (Wildman–Crippen LogP) is 5.01. The van der Waals surface area contributed by atoms with E-state index in [4.69, 9.17) is 14.2 Å². The molecule has 0 atom stereocenters. The summed E-state index contributed by atoms with van der Waals surface area (Å²) in [6.07, 6.45) is -3.41. The molecule has 1 aliphatic rings. The number of hydrogen-bond acceptors (Lipinski definition) is 9. The van der Waals surface area contributed by atoms with Crippen molar-refractivity contribution in [3.63, 3.8) is 0 Å². The number of nitro groups is 1. The van der Waals surface area contributed by atoms with Crippen LogP contribution in [0, 0.1) is 10.1 Å². The van der Waals surface area contributed by atoms with Crippen LogP contribution in [-0.4, -0.2) is 47.2 Å². The third-order valence-corrected chi connectivity index (χ3v) is 5.56. The Morgan fingerprint density at radius 2 is 1.83 bits per heavy atom. The lowest BCUT2D eigenvalue weighted by Crippen LogP contribution is -2.34. The molecule has 10 nitrogen and oxygen atoms in total. The summed E-state index contributed by atoms with van der Waals surface area (Å²) in [5, 5.41) is 10.7. The van der Waals surface area contributed by atoms with Crippen molar-refractivity contribution in [3.8, 4) is 17.2 Å². The molecule has 3 rings (SSSR count). The molecule has 0 N–H and O–H groups in total. The highest BCUT2D eigenvalue weighted by Gasteiger charge is 2.37. The summed E-state index contributed by atoms with van der Waals surface area (Å²) in [6, 6.07) is 6.00. The van der Waals surface area contributed by atoms with E-state index in [9.17, 15) is 37.7 Å². The highest BCUT2D eigenvalue weighted by atomic mass is 32.2. The molecule has 0 spiro atoms. The van der Waals surface area contributed by atoms with Gasteiger partial charge in [-0.2, -0.15) is 13.2 Å². The minimum absolute atomic E-state index is 0.0263. The molecule has 1 aliphatic heterocycles. The van der Waals surface area contributed by atoms with Crippen LogP contribution in [-0.2, 0) is 20.5 Å². The Morgan fingerprint density at radius 1 is 1.14 bits per heavy atom. The lowest BCUT2D eigenvalue weighted by Gasteiger charge is -2.13. The minimum Gasteiger partial charge on any atom is -0.493 e. The molecular formula is C22H17F3N2O8S. The number of alkyl halides is 3. The Hall–Kier alpha value is -4.07. The summed E-state index contributed by atoms with van der Waals surface area (Å²) >= 11 is 0.617. The maximum atomic E-state index is 12.9. The summed E-state index contributed by atoms with van der Waals surface area (Å²) in [5.74, 6) is -1.88. The zero-order chi connectivity index (χ0) is 26.6. The fourth-order valence-electron chi connectivity index (χ4n) is 3.02. The first kappa shape index (κ1) is 26.5. The summed E-state index contributed by atoms with van der Waals surface area (Å²) < 4.78 is 54.2. The molecule has 0 saturated carbocycles. The largest absolute Gasteiger partial charge is 0.493 e. The van der Waals surface area contributed by atoms with E-state index >= 15 is 0 Å². The van der Waals surface area contributed by atoms with Crippen LogP contribution < -0.4 is 9.47 Å². The Kier molecular flexibility index (Phi) is 7.87. The second kappa shape index (κ2) is 10.7. The number of thioether (sulfide) groups is 1. The molecule has 0 unspecified atom stereocenters. The van der Waals surface area contributed by atoms with Crippen molar-refractivity contribution in [3.05, 3.63) is 62.5 Å². The number of carbonyl (C=O) groups excluding carboxylic acids is 3. The molecule has 2 aromatic rings. The Morgan fingerprint density at radius 3 is 2.44 bits per heavy atom. The predicted molar refractivity (Wildman–Crippen MR) is 120 cm³/mol. The van der Waals surface area contributed by atoms with Crippen LogP contribution in [0.2, 0.25) is 0 Å². The maximum absolute atomic E-state index is 12.9. The zero-order valence-corrected chi connectivity index (χ0v) is 19.5. The molecule has 190 valence electrons. The number of carbonyl (C=O) groups is 3. The van der Waals surface area contributed by atoms with Crippen molar-refractivity contribution in [2.45, 2.75) is 13.1 Å². The Bertz CT molecular complexity index is 1260. The first-order valence-electron chi connectivity index (χ1n) is 10.1. The number of hydrogen-bond donors (Lipinski definition) is 0. The minimum atomic E-state index is -4.78. The second-order valence-electron chi connectivity index (χ2n) is 7.02. The summed E-state index contributed by atoms with van der Waals surface area (Å²) in [4.78, 5) is 47.4. The van der Waals surface area contributed by atoms with Gasteiger partial charge in [0.25, 0.3) is 11.1 Å². The number of imide groups is 1. The van der Waals surface area contributed by atoms with Crippen molar-refractivity contribution >= 4 is 40.6 Å². The van der Waals surface area contributed by atoms with Crippen LogP contribution in [0.4, 0.5) is 23.7 Å². The lowest BCUT2D eigenvalue weighted by molar-refractivity contribution is -0.385. The molecule has 0 aromatic heterocycles. The molecule has 0 radical (unpaired) electrons. The van der Waals surface area contributed by atoms with Crippen LogP contribution >= 0.6 is 11.8 Å². The standard InChI is InChI=1S/C22H17F3N2O8S/c1-3-34-19(28)11-26-20(29)18(36-21(26)30)9-12-4-6-16(17(8-12)33-2)35-15-7-5-13(22(23,24)25)10-14(15)27(31)32/h4-10H,3,11H2,1-2H3. The maximum Gasteiger partial charge on any atom is 0.416 e. The highest BCUT2D eigenvalue weighted by Crippen LogP contribution is 2.41. The van der Waals surface area contributed by atoms with Crippen molar-refractivity contribution in [2.75, 3.05) is 20.3 Å². The molecule has 0 aliphatic carbocycles. The molecule has 0 bridgehead atoms. The van der Waals surface area contributed by atoms with Gasteiger partial charge in [-0.15, -0.1) is 0 Å². The van der Waals surface area contributed by atoms with Gasteiger partial charge in [0.2, 0.25) is 5.75 Å². The van der Waals surface area contributed by atoms with Crippen LogP contribution in [0.1, 0.15) is 18.1 Å². The van der Waals surface area contributed by atoms with E-state index in [1.54, 1.807) is 6.92 Å². The number of esters is 1. The van der Waals surface area contributed by atoms with Gasteiger partial charge in [0.05, 0.1) is 29.1 Å². The van der Waals surface area contributed by atoms with Crippen molar-refractivity contribution in [1.29, 1.82) is 0 Å². The average molecular weight is 526 g/mol. The van der Waals surface area contributed by atoms with Gasteiger partial charge in [0.1, 0.15) is 6.54 Å². The van der Waals surface area contributed by atoms with E-state index < -0.39 is 51.8 Å². The summed E-state index contributed by atoms with van der Waals surface area (Å²) in [5.41, 5.74) is -1.73. The third kappa shape index (κ3) is 5.94. The number of halogens is 3. The Labute approximate surface area is 205 Å². The molecule has 1 heterocycles. The fraction of sp³-hybridized carbons (Fsp3) is 0.227. The summed E-state index contributed by atoms with van der Waals surface area (Å²) in [7, 11) is 1.26. The number of amides is 2. The third-order valence-electron chi connectivity index (χ3n) is 4.65. The van der Waals surface area contributed by atoms with Crippen molar-refractivity contribution in [1.82, 2.24) is 4.90 Å². The van der Waals surface area contributed by atoms with Gasteiger partial charge in [0.15, 0.2) is 11.5 Å². The van der Waals surface area contributed by atoms with Gasteiger partial charge in [-0.3, -0.25) is 29.4 Å². The SMILES string of the molecule is CCOC(=O)CN1C(=O)SC(=Cc2ccc(Oc3ccc(C(F)(F)F)cc3[N+](=O)[O-])c(OC)c2)C1=O. The van der Waals surface area contributed by atoms with Crippen molar-refractivity contribution in [2.24, 2.45) is 0 Å². The first-order valence-corrected chi connectivity index (χ1v) is 10.9. The topological polar surface area (TPSA) is 125 Å². The van der Waals surface area contributed by atoms with Gasteiger partial charge >= 0.3 is 17.8 Å². The Balaban J connectivity index is 1.86. The fourth-order valence-corrected chi connectivity index (χ4v) is 3.86. The summed E-state index contributed by atoms with van der Waals surface area (Å²) in [6.45, 7) is 1.15. The van der Waals surface area contributed by atoms with E-state index in [0.717, 1.165) is 11.0 Å². The van der Waals surface area contributed by atoms with E-state index in [2.05, 4.69) is 0 Å². The number of ether oxygens (including phenoxy) is 3. The molecule has 1 fully saturated rings. The van der Waals surface area contributed by atoms with Gasteiger partial charge in [-0.05, 0) is 54.6 Å². The number of methoxy groups -OCH3 is 1. The second-order valence-corrected chi connectivity index (χ2v) is 8.02. The normalized spacial score (nSPS) is 14.8. The quantitative estimate of drug-likeness (QED) is 0.202. The van der Waals surface area contributed by atoms with Crippen LogP contribution in [0.25, 0.3) is 6.08 Å². The number of nitro benzene ring substituents is 1. The smallest absolute Gasteiger partial charge is 0.416 e. The molecule has 1 saturated heterocycles. The number of benzene rings is 2. The number of nitrogens with zero attached hydrogens (tertiary/aromatic N) is 2.